The van der Waals surface area contributed by atoms with E-state index in [0.29, 0.717) is 12.2 Å². The Balaban J connectivity index is 2.75. The van der Waals surface area contributed by atoms with Crippen molar-refractivity contribution in [1.82, 2.24) is 0 Å². The van der Waals surface area contributed by atoms with E-state index in [-0.39, 0.29) is 5.75 Å². The molecule has 16 heavy (non-hydrogen) atoms. The van der Waals surface area contributed by atoms with Crippen molar-refractivity contribution < 1.29 is 18.7 Å². The molecule has 0 unspecified atom stereocenters. The summed E-state index contributed by atoms with van der Waals surface area (Å²) in [5.74, 6) is -0.736. The van der Waals surface area contributed by atoms with E-state index in [9.17, 15) is 9.18 Å². The summed E-state index contributed by atoms with van der Waals surface area (Å²) >= 11 is 0. The molecule has 0 radical (unpaired) electrons. The Morgan fingerprint density at radius 2 is 2.25 bits per heavy atom. The lowest BCUT2D eigenvalue weighted by Gasteiger charge is -2.01. The van der Waals surface area contributed by atoms with Crippen LogP contribution in [0.5, 0.6) is 5.75 Å². The number of hydrogen-bond acceptors (Lipinski definition) is 3. The SMILES string of the molecule is CCOC(=O)/C=C\c1ccc(OC)c(F)c1. The molecule has 0 saturated carbocycles. The van der Waals surface area contributed by atoms with Gasteiger partial charge in [0.25, 0.3) is 0 Å². The van der Waals surface area contributed by atoms with Gasteiger partial charge in [0.15, 0.2) is 11.6 Å². The number of carbonyl (C=O) groups excluding carboxylic acids is 1. The van der Waals surface area contributed by atoms with Crippen molar-refractivity contribution in [2.75, 3.05) is 13.7 Å². The van der Waals surface area contributed by atoms with E-state index in [4.69, 9.17) is 9.47 Å². The third kappa shape index (κ3) is 3.38. The van der Waals surface area contributed by atoms with Crippen LogP contribution in [0.15, 0.2) is 24.3 Å². The van der Waals surface area contributed by atoms with Crippen molar-refractivity contribution in [3.8, 4) is 5.75 Å². The number of esters is 1. The monoisotopic (exact) mass is 224 g/mol. The van der Waals surface area contributed by atoms with Crippen LogP contribution in [0.1, 0.15) is 12.5 Å². The second kappa shape index (κ2) is 5.90. The van der Waals surface area contributed by atoms with Crippen molar-refractivity contribution in [1.29, 1.82) is 0 Å². The highest BCUT2D eigenvalue weighted by Gasteiger charge is 2.01. The maximum Gasteiger partial charge on any atom is 0.330 e. The van der Waals surface area contributed by atoms with E-state index in [1.165, 1.54) is 31.4 Å². The van der Waals surface area contributed by atoms with E-state index in [2.05, 4.69) is 0 Å². The smallest absolute Gasteiger partial charge is 0.330 e. The highest BCUT2D eigenvalue weighted by atomic mass is 19.1. The van der Waals surface area contributed by atoms with E-state index < -0.39 is 11.8 Å². The van der Waals surface area contributed by atoms with E-state index in [0.717, 1.165) is 0 Å². The van der Waals surface area contributed by atoms with Gasteiger partial charge >= 0.3 is 5.97 Å². The quantitative estimate of drug-likeness (QED) is 0.582. The molecular weight excluding hydrogens is 211 g/mol. The summed E-state index contributed by atoms with van der Waals surface area (Å²) in [6.07, 6.45) is 2.74. The maximum absolute atomic E-state index is 13.2. The summed E-state index contributed by atoms with van der Waals surface area (Å²) in [6.45, 7) is 2.04. The molecule has 0 bridgehead atoms. The van der Waals surface area contributed by atoms with Gasteiger partial charge in [-0.05, 0) is 30.7 Å². The van der Waals surface area contributed by atoms with Crippen molar-refractivity contribution in [3.63, 3.8) is 0 Å². The summed E-state index contributed by atoms with van der Waals surface area (Å²) in [7, 11) is 1.40. The Labute approximate surface area is 93.5 Å². The van der Waals surface area contributed by atoms with Gasteiger partial charge in [-0.15, -0.1) is 0 Å². The highest BCUT2D eigenvalue weighted by Crippen LogP contribution is 2.18. The topological polar surface area (TPSA) is 35.5 Å². The number of methoxy groups -OCH3 is 1. The third-order valence-electron chi connectivity index (χ3n) is 1.87. The fourth-order valence-electron chi connectivity index (χ4n) is 1.14. The zero-order valence-electron chi connectivity index (χ0n) is 9.20. The van der Waals surface area contributed by atoms with Gasteiger partial charge in [0.1, 0.15) is 0 Å². The van der Waals surface area contributed by atoms with E-state index in [1.807, 2.05) is 0 Å². The molecule has 0 aliphatic carbocycles. The summed E-state index contributed by atoms with van der Waals surface area (Å²) in [6, 6.07) is 4.44. The summed E-state index contributed by atoms with van der Waals surface area (Å²) in [4.78, 5) is 11.0. The minimum atomic E-state index is -0.464. The van der Waals surface area contributed by atoms with Crippen LogP contribution in [0, 0.1) is 5.82 Å². The van der Waals surface area contributed by atoms with Crippen molar-refractivity contribution in [2.45, 2.75) is 6.92 Å². The molecular formula is C12H13FO3. The molecule has 0 heterocycles. The Kier molecular flexibility index (Phi) is 4.51. The van der Waals surface area contributed by atoms with Crippen LogP contribution >= 0.6 is 0 Å². The minimum Gasteiger partial charge on any atom is -0.494 e. The van der Waals surface area contributed by atoms with Crippen LogP contribution < -0.4 is 4.74 Å². The predicted molar refractivity (Wildman–Crippen MR) is 58.6 cm³/mol. The lowest BCUT2D eigenvalue weighted by molar-refractivity contribution is -0.137. The standard InChI is InChI=1S/C12H13FO3/c1-3-16-12(14)7-5-9-4-6-11(15-2)10(13)8-9/h4-8H,3H2,1-2H3/b7-5-. The van der Waals surface area contributed by atoms with Crippen LogP contribution in [0.2, 0.25) is 0 Å². The van der Waals surface area contributed by atoms with Crippen LogP contribution in [0.25, 0.3) is 6.08 Å². The molecule has 0 amide bonds. The second-order valence-electron chi connectivity index (χ2n) is 2.98. The molecule has 4 heteroatoms. The molecule has 0 atom stereocenters. The zero-order valence-corrected chi connectivity index (χ0v) is 9.20. The number of halogens is 1. The Bertz CT molecular complexity index is 399. The minimum absolute atomic E-state index is 0.174. The first-order chi connectivity index (χ1) is 7.67. The van der Waals surface area contributed by atoms with E-state index >= 15 is 0 Å². The molecule has 0 N–H and O–H groups in total. The first kappa shape index (κ1) is 12.2. The number of ether oxygens (including phenoxy) is 2. The van der Waals surface area contributed by atoms with Crippen molar-refractivity contribution >= 4 is 12.0 Å². The number of hydrogen-bond donors (Lipinski definition) is 0. The molecule has 86 valence electrons. The molecule has 0 aromatic heterocycles. The first-order valence-electron chi connectivity index (χ1n) is 4.85. The third-order valence-corrected chi connectivity index (χ3v) is 1.87. The largest absolute Gasteiger partial charge is 0.494 e. The van der Waals surface area contributed by atoms with Gasteiger partial charge in [0.05, 0.1) is 13.7 Å². The van der Waals surface area contributed by atoms with Gasteiger partial charge in [0, 0.05) is 6.08 Å². The van der Waals surface area contributed by atoms with Gasteiger partial charge in [-0.3, -0.25) is 0 Å². The predicted octanol–water partition coefficient (Wildman–Crippen LogP) is 2.41. The van der Waals surface area contributed by atoms with Gasteiger partial charge in [-0.2, -0.15) is 0 Å². The molecule has 0 aliphatic heterocycles. The maximum atomic E-state index is 13.2. The van der Waals surface area contributed by atoms with Gasteiger partial charge in [-0.25, -0.2) is 9.18 Å². The Hall–Kier alpha value is -1.84. The number of carbonyl (C=O) groups is 1. The van der Waals surface area contributed by atoms with Crippen LogP contribution in [0.4, 0.5) is 4.39 Å². The summed E-state index contributed by atoms with van der Waals surface area (Å²) < 4.78 is 22.7. The highest BCUT2D eigenvalue weighted by molar-refractivity contribution is 5.87. The molecule has 1 rings (SSSR count). The lowest BCUT2D eigenvalue weighted by Crippen LogP contribution is -1.98. The number of rotatable bonds is 4. The summed E-state index contributed by atoms with van der Waals surface area (Å²) in [5.41, 5.74) is 0.575. The summed E-state index contributed by atoms with van der Waals surface area (Å²) in [5, 5.41) is 0. The molecule has 0 aliphatic rings. The normalized spacial score (nSPS) is 10.4. The molecule has 0 spiro atoms. The first-order valence-corrected chi connectivity index (χ1v) is 4.85. The fourth-order valence-corrected chi connectivity index (χ4v) is 1.14. The Morgan fingerprint density at radius 1 is 1.50 bits per heavy atom. The van der Waals surface area contributed by atoms with Crippen LogP contribution in [-0.4, -0.2) is 19.7 Å². The second-order valence-corrected chi connectivity index (χ2v) is 2.98. The van der Waals surface area contributed by atoms with Gasteiger partial charge in [-0.1, -0.05) is 6.07 Å². The van der Waals surface area contributed by atoms with E-state index in [1.54, 1.807) is 13.0 Å². The van der Waals surface area contributed by atoms with Crippen LogP contribution in [0.3, 0.4) is 0 Å². The molecule has 3 nitrogen and oxygen atoms in total. The molecule has 0 fully saturated rings. The number of benzene rings is 1. The van der Waals surface area contributed by atoms with Gasteiger partial charge < -0.3 is 9.47 Å². The van der Waals surface area contributed by atoms with Gasteiger partial charge in [0.2, 0.25) is 0 Å². The average molecular weight is 224 g/mol. The molecule has 1 aromatic rings. The van der Waals surface area contributed by atoms with Crippen molar-refractivity contribution in [2.24, 2.45) is 0 Å². The average Bonchev–Trinajstić information content (AvgIpc) is 2.27. The van der Waals surface area contributed by atoms with Crippen molar-refractivity contribution in [3.05, 3.63) is 35.7 Å². The zero-order chi connectivity index (χ0) is 12.0. The fraction of sp³-hybridized carbons (Fsp3) is 0.250. The van der Waals surface area contributed by atoms with Crippen LogP contribution in [-0.2, 0) is 9.53 Å². The molecule has 0 saturated heterocycles. The molecule has 1 aromatic carbocycles. The lowest BCUT2D eigenvalue weighted by atomic mass is 10.2. The Morgan fingerprint density at radius 3 is 2.81 bits per heavy atom.